The molecule has 40 heavy (non-hydrogen) atoms. The Hall–Kier alpha value is -3.16. The summed E-state index contributed by atoms with van der Waals surface area (Å²) in [7, 11) is 0. The van der Waals surface area contributed by atoms with Crippen molar-refractivity contribution in [1.29, 1.82) is 0 Å². The molecule has 210 valence electrons. The maximum Gasteiger partial charge on any atom is 0.310 e. The highest BCUT2D eigenvalue weighted by Crippen LogP contribution is 2.79. The van der Waals surface area contributed by atoms with E-state index in [0.29, 0.717) is 23.7 Å². The number of benzene rings is 2. The van der Waals surface area contributed by atoms with E-state index in [9.17, 15) is 30.4 Å². The molecule has 0 aliphatic heterocycles. The van der Waals surface area contributed by atoms with E-state index in [1.54, 1.807) is 12.1 Å². The lowest BCUT2D eigenvalue weighted by Gasteiger charge is -2.74. The molecule has 2 aromatic rings. The first-order valence-electron chi connectivity index (χ1n) is 15.0. The number of phenols is 2. The van der Waals surface area contributed by atoms with Crippen LogP contribution in [0.3, 0.4) is 0 Å². The second-order valence-electron chi connectivity index (χ2n) is 15.0. The van der Waals surface area contributed by atoms with Gasteiger partial charge in [0.2, 0.25) is 0 Å². The number of phenolic OH excluding ortho intramolecular Hbond substituents is 2. The van der Waals surface area contributed by atoms with Crippen molar-refractivity contribution in [3.63, 3.8) is 0 Å². The van der Waals surface area contributed by atoms with E-state index in [1.807, 2.05) is 12.1 Å². The van der Waals surface area contributed by atoms with Crippen molar-refractivity contribution < 1.29 is 20.1 Å². The third-order valence-corrected chi connectivity index (χ3v) is 12.8. The van der Waals surface area contributed by atoms with Crippen molar-refractivity contribution in [3.8, 4) is 11.5 Å². The minimum Gasteiger partial charge on any atom is -0.502 e. The largest absolute Gasteiger partial charge is 0.502 e. The molecular weight excluding hydrogens is 508 g/mol. The first-order valence-corrected chi connectivity index (χ1v) is 15.0. The SMILES string of the molecule is O=[N+]([O-])c1cc(C23CC4CC(C2)CC(C25CC6CC(CC(c7ccc(O)c([N+](=O)[O-])c7)(C6)C2)C5)(C4)C3)ccc1O. The monoisotopic (exact) mass is 544 g/mol. The Balaban J connectivity index is 1.23. The quantitative estimate of drug-likeness (QED) is 0.301. The molecule has 0 saturated heterocycles. The predicted octanol–water partition coefficient (Wildman–Crippen LogP) is 7.29. The van der Waals surface area contributed by atoms with Gasteiger partial charge in [-0.2, -0.15) is 0 Å². The zero-order valence-corrected chi connectivity index (χ0v) is 22.7. The van der Waals surface area contributed by atoms with Gasteiger partial charge in [-0.25, -0.2) is 0 Å². The summed E-state index contributed by atoms with van der Waals surface area (Å²) in [5.74, 6) is 1.94. The topological polar surface area (TPSA) is 127 Å². The van der Waals surface area contributed by atoms with Gasteiger partial charge in [-0.05, 0) is 146 Å². The molecular formula is C32H36N2O6. The number of hydrogen-bond acceptors (Lipinski definition) is 6. The fourth-order valence-electron chi connectivity index (χ4n) is 12.4. The maximum absolute atomic E-state index is 11.7. The van der Waals surface area contributed by atoms with Gasteiger partial charge in [-0.15, -0.1) is 0 Å². The van der Waals surface area contributed by atoms with Crippen molar-refractivity contribution in [2.45, 2.75) is 87.9 Å². The van der Waals surface area contributed by atoms with Gasteiger partial charge < -0.3 is 10.2 Å². The average molecular weight is 545 g/mol. The van der Waals surface area contributed by atoms with Crippen LogP contribution in [0.2, 0.25) is 0 Å². The molecule has 0 aromatic heterocycles. The Bertz CT molecular complexity index is 1330. The van der Waals surface area contributed by atoms with E-state index < -0.39 is 9.85 Å². The van der Waals surface area contributed by atoms with Gasteiger partial charge in [0.15, 0.2) is 11.5 Å². The summed E-state index contributed by atoms with van der Waals surface area (Å²) in [6.45, 7) is 0. The minimum absolute atomic E-state index is 0.0869. The zero-order valence-electron chi connectivity index (χ0n) is 22.7. The normalized spacial score (nSPS) is 42.3. The molecule has 0 spiro atoms. The molecule has 8 heteroatoms. The van der Waals surface area contributed by atoms with Crippen LogP contribution >= 0.6 is 0 Å². The Morgan fingerprint density at radius 1 is 0.600 bits per heavy atom. The molecule has 10 rings (SSSR count). The van der Waals surface area contributed by atoms with Crippen molar-refractivity contribution in [3.05, 3.63) is 67.8 Å². The third kappa shape index (κ3) is 3.19. The highest BCUT2D eigenvalue weighted by molar-refractivity contribution is 5.51. The first-order chi connectivity index (χ1) is 19.0. The smallest absolute Gasteiger partial charge is 0.310 e. The van der Waals surface area contributed by atoms with Crippen LogP contribution in [0.4, 0.5) is 11.4 Å². The predicted molar refractivity (Wildman–Crippen MR) is 147 cm³/mol. The van der Waals surface area contributed by atoms with Gasteiger partial charge >= 0.3 is 11.4 Å². The van der Waals surface area contributed by atoms with Crippen LogP contribution in [-0.2, 0) is 10.8 Å². The Morgan fingerprint density at radius 3 is 1.27 bits per heavy atom. The summed E-state index contributed by atoms with van der Waals surface area (Å²) in [5, 5.41) is 43.9. The molecule has 0 heterocycles. The van der Waals surface area contributed by atoms with Gasteiger partial charge in [0.05, 0.1) is 9.85 Å². The van der Waals surface area contributed by atoms with Crippen LogP contribution < -0.4 is 0 Å². The van der Waals surface area contributed by atoms with Crippen molar-refractivity contribution in [1.82, 2.24) is 0 Å². The second kappa shape index (κ2) is 7.77. The lowest BCUT2D eigenvalue weighted by atomic mass is 9.30. The van der Waals surface area contributed by atoms with Gasteiger partial charge in [0, 0.05) is 12.1 Å². The van der Waals surface area contributed by atoms with E-state index in [4.69, 9.17) is 0 Å². The summed E-state index contributed by atoms with van der Waals surface area (Å²) in [6.07, 6.45) is 13.8. The van der Waals surface area contributed by atoms with Crippen LogP contribution in [0, 0.1) is 54.7 Å². The van der Waals surface area contributed by atoms with E-state index in [1.165, 1.54) is 50.7 Å². The number of nitro groups is 2. The molecule has 2 N–H and O–H groups in total. The molecule has 8 fully saturated rings. The van der Waals surface area contributed by atoms with Crippen LogP contribution in [0.25, 0.3) is 0 Å². The van der Waals surface area contributed by atoms with Crippen LogP contribution in [-0.4, -0.2) is 20.1 Å². The molecule has 4 unspecified atom stereocenters. The molecule has 8 aliphatic rings. The Labute approximate surface area is 233 Å². The molecule has 8 bridgehead atoms. The lowest BCUT2D eigenvalue weighted by molar-refractivity contribution is -0.386. The molecule has 4 atom stereocenters. The Kier molecular flexibility index (Phi) is 4.78. The number of nitro benzene ring substituents is 2. The summed E-state index contributed by atoms with van der Waals surface area (Å²) in [4.78, 5) is 22.5. The zero-order chi connectivity index (χ0) is 27.7. The van der Waals surface area contributed by atoms with Gasteiger partial charge in [0.25, 0.3) is 0 Å². The second-order valence-corrected chi connectivity index (χ2v) is 15.0. The van der Waals surface area contributed by atoms with E-state index in [-0.39, 0.29) is 44.5 Å². The van der Waals surface area contributed by atoms with Crippen molar-refractivity contribution in [2.75, 3.05) is 0 Å². The minimum atomic E-state index is -0.464. The molecule has 8 saturated carbocycles. The Morgan fingerprint density at radius 2 is 0.950 bits per heavy atom. The fourth-order valence-corrected chi connectivity index (χ4v) is 12.4. The fraction of sp³-hybridized carbons (Fsp3) is 0.625. The summed E-state index contributed by atoms with van der Waals surface area (Å²) < 4.78 is 0. The van der Waals surface area contributed by atoms with Crippen molar-refractivity contribution in [2.24, 2.45) is 34.5 Å². The number of aromatic hydroxyl groups is 2. The van der Waals surface area contributed by atoms with E-state index >= 15 is 0 Å². The van der Waals surface area contributed by atoms with Crippen LogP contribution in [0.1, 0.15) is 88.2 Å². The van der Waals surface area contributed by atoms with Gasteiger partial charge in [0.1, 0.15) is 0 Å². The van der Waals surface area contributed by atoms with Crippen LogP contribution in [0.5, 0.6) is 11.5 Å². The van der Waals surface area contributed by atoms with Crippen molar-refractivity contribution >= 4 is 11.4 Å². The number of hydrogen-bond donors (Lipinski definition) is 2. The summed E-state index contributed by atoms with van der Waals surface area (Å²) >= 11 is 0. The highest BCUT2D eigenvalue weighted by atomic mass is 16.6. The average Bonchev–Trinajstić information content (AvgIpc) is 2.87. The maximum atomic E-state index is 11.7. The highest BCUT2D eigenvalue weighted by Gasteiger charge is 2.70. The van der Waals surface area contributed by atoms with E-state index in [0.717, 1.165) is 49.7 Å². The molecule has 0 radical (unpaired) electrons. The summed E-state index contributed by atoms with van der Waals surface area (Å²) in [5.41, 5.74) is 1.86. The van der Waals surface area contributed by atoms with E-state index in [2.05, 4.69) is 0 Å². The number of rotatable bonds is 5. The third-order valence-electron chi connectivity index (χ3n) is 12.8. The molecule has 8 nitrogen and oxygen atoms in total. The molecule has 0 amide bonds. The molecule has 2 aromatic carbocycles. The first kappa shape index (κ1) is 24.6. The summed E-state index contributed by atoms with van der Waals surface area (Å²) in [6, 6.07) is 10.3. The lowest BCUT2D eigenvalue weighted by Crippen LogP contribution is -2.66. The van der Waals surface area contributed by atoms with Crippen LogP contribution in [0.15, 0.2) is 36.4 Å². The molecule has 8 aliphatic carbocycles. The number of nitrogens with zero attached hydrogens (tertiary/aromatic N) is 2. The van der Waals surface area contributed by atoms with Gasteiger partial charge in [-0.1, -0.05) is 12.1 Å². The van der Waals surface area contributed by atoms with Gasteiger partial charge in [-0.3, -0.25) is 20.2 Å². The standard InChI is InChI=1S/C32H36N2O6/c35-27-3-1-23(7-25(27)33(37)38)29-9-19-5-20(10-29)14-31(13-19,17-29)32-15-21-6-22(16-32)12-30(11-21,18-32)24-2-4-28(36)26(8-24)34(39)40/h1-4,7-8,19-22,35-36H,5-6,9-18H2.